The topological polar surface area (TPSA) is 90.2 Å². The Morgan fingerprint density at radius 2 is 0.425 bits per heavy atom. The molecule has 5 heterocycles. The molecular formula is C99H65N7. The lowest BCUT2D eigenvalue weighted by atomic mass is 9.91. The maximum Gasteiger partial charge on any atom is 0.164 e. The molecule has 0 aliphatic carbocycles. The van der Waals surface area contributed by atoms with Crippen molar-refractivity contribution in [3.63, 3.8) is 0 Å². The Kier molecular flexibility index (Phi) is 17.3. The van der Waals surface area contributed by atoms with Gasteiger partial charge in [-0.2, -0.15) is 0 Å². The van der Waals surface area contributed by atoms with Crippen molar-refractivity contribution in [1.82, 2.24) is 34.9 Å². The van der Waals surface area contributed by atoms with Gasteiger partial charge in [0, 0.05) is 96.0 Å². The first kappa shape index (κ1) is 63.9. The summed E-state index contributed by atoms with van der Waals surface area (Å²) in [4.78, 5) is 33.9. The van der Waals surface area contributed by atoms with Gasteiger partial charge in [0.05, 0.1) is 22.4 Å². The smallest absolute Gasteiger partial charge is 0.164 e. The van der Waals surface area contributed by atoms with E-state index in [-0.39, 0.29) is 0 Å². The van der Waals surface area contributed by atoms with E-state index in [1.807, 2.05) is 85.5 Å². The van der Waals surface area contributed by atoms with Crippen LogP contribution in [0.2, 0.25) is 0 Å². The molecular weight excluding hydrogens is 1290 g/mol. The van der Waals surface area contributed by atoms with Crippen LogP contribution in [0.5, 0.6) is 0 Å². The van der Waals surface area contributed by atoms with Gasteiger partial charge in [-0.1, -0.05) is 328 Å². The van der Waals surface area contributed by atoms with E-state index in [0.717, 1.165) is 127 Å². The lowest BCUT2D eigenvalue weighted by Crippen LogP contribution is -2.00. The van der Waals surface area contributed by atoms with Gasteiger partial charge in [-0.05, 0) is 120 Å². The first-order valence-electron chi connectivity index (χ1n) is 35.6. The van der Waals surface area contributed by atoms with Crippen LogP contribution in [0.1, 0.15) is 0 Å². The number of rotatable bonds is 13. The molecule has 19 rings (SSSR count). The summed E-state index contributed by atoms with van der Waals surface area (Å²) in [5, 5.41) is 7.07. The van der Waals surface area contributed by atoms with Crippen LogP contribution in [0.15, 0.2) is 395 Å². The van der Waals surface area contributed by atoms with Crippen LogP contribution in [-0.4, -0.2) is 34.9 Å². The van der Waals surface area contributed by atoms with Crippen LogP contribution in [0, 0.1) is 0 Å². The van der Waals surface area contributed by atoms with Crippen molar-refractivity contribution in [3.05, 3.63) is 395 Å². The van der Waals surface area contributed by atoms with E-state index >= 15 is 0 Å². The molecule has 0 saturated carbocycles. The molecule has 14 aromatic carbocycles. The Labute approximate surface area is 615 Å². The quantitative estimate of drug-likeness (QED) is 0.106. The van der Waals surface area contributed by atoms with Gasteiger partial charge in [0.1, 0.15) is 0 Å². The van der Waals surface area contributed by atoms with Gasteiger partial charge in [-0.15, -0.1) is 0 Å². The second-order valence-electron chi connectivity index (χ2n) is 26.4. The van der Waals surface area contributed by atoms with E-state index in [0.29, 0.717) is 17.5 Å². The molecule has 106 heavy (non-hydrogen) atoms. The number of aromatic nitrogens is 7. The van der Waals surface area contributed by atoms with E-state index in [1.54, 1.807) is 0 Å². The van der Waals surface area contributed by atoms with E-state index in [2.05, 4.69) is 319 Å². The molecule has 0 atom stereocenters. The SMILES string of the molecule is c1ccc(-c2ccc(-c3nc(-c4ccccc4)nc(-c4ccc(-c5ccc(-c6cccc7c(-c8ccccc8)nc8ccccc8c67)cc5)cc4)n3)cc2)cc1.c1ccc(-c2nc3ccccc3c3c(-c4ccc(-c5ccc(-c6cc(-c7cccnc7)cc(-c7cccnc7)c6)cc5)cc4)cccc23)cc1. The average Bonchev–Trinajstić information content (AvgIpc) is 0.748. The average molecular weight is 1350 g/mol. The molecule has 0 unspecified atom stereocenters. The summed E-state index contributed by atoms with van der Waals surface area (Å²) in [6.45, 7) is 0. The fourth-order valence-electron chi connectivity index (χ4n) is 14.5. The zero-order valence-electron chi connectivity index (χ0n) is 57.7. The summed E-state index contributed by atoms with van der Waals surface area (Å²) >= 11 is 0. The molecule has 0 saturated heterocycles. The predicted molar refractivity (Wildman–Crippen MR) is 438 cm³/mol. The monoisotopic (exact) mass is 1350 g/mol. The van der Waals surface area contributed by atoms with E-state index in [9.17, 15) is 0 Å². The Balaban J connectivity index is 0.000000151. The number of fused-ring (bicyclic) bond motifs is 6. The van der Waals surface area contributed by atoms with Crippen molar-refractivity contribution in [2.24, 2.45) is 0 Å². The van der Waals surface area contributed by atoms with Gasteiger partial charge in [-0.25, -0.2) is 24.9 Å². The van der Waals surface area contributed by atoms with Crippen molar-refractivity contribution >= 4 is 43.4 Å². The first-order valence-corrected chi connectivity index (χ1v) is 35.6. The van der Waals surface area contributed by atoms with Gasteiger partial charge in [0.15, 0.2) is 17.5 Å². The highest BCUT2D eigenvalue weighted by Crippen LogP contribution is 2.43. The second kappa shape index (κ2) is 28.6. The summed E-state index contributed by atoms with van der Waals surface area (Å²) in [6.07, 6.45) is 7.45. The standard InChI is InChI=1S/C52H34N4.C47H31N3/c1-4-13-35(14-5-1)36-25-31-42(32-26-36)51-54-50(41-17-8-3-9-18-41)55-52(56-51)43-33-27-38(28-34-43)37-23-29-39(30-24-37)44-20-12-21-46-48(44)45-19-10-11-22-47(45)53-49(46)40-15-6-2-7-16-40;1-2-9-36(10-3-1)47-44-15-6-14-42(46(44)43-13-4-5-16-45(43)50-47)35-23-21-33(22-24-35)32-17-19-34(20-18-32)39-27-40(37-11-7-25-48-30-37)29-41(28-39)38-12-8-26-49-31-38/h1-34H;1-31H. The molecule has 19 aromatic rings. The molecule has 0 aliphatic heterocycles. The van der Waals surface area contributed by atoms with Crippen LogP contribution in [-0.2, 0) is 0 Å². The molecule has 0 aliphatic rings. The number of hydrogen-bond donors (Lipinski definition) is 0. The molecule has 7 heteroatoms. The maximum atomic E-state index is 5.13. The fraction of sp³-hybridized carbons (Fsp3) is 0. The lowest BCUT2D eigenvalue weighted by molar-refractivity contribution is 1.07. The van der Waals surface area contributed by atoms with Gasteiger partial charge in [0.25, 0.3) is 0 Å². The summed E-state index contributed by atoms with van der Waals surface area (Å²) in [5.41, 5.74) is 27.5. The van der Waals surface area contributed by atoms with Crippen molar-refractivity contribution < 1.29 is 0 Å². The van der Waals surface area contributed by atoms with Crippen LogP contribution in [0.4, 0.5) is 0 Å². The van der Waals surface area contributed by atoms with E-state index in [4.69, 9.17) is 24.9 Å². The fourth-order valence-corrected chi connectivity index (χ4v) is 14.5. The number of hydrogen-bond acceptors (Lipinski definition) is 7. The molecule has 0 amide bonds. The highest BCUT2D eigenvalue weighted by molar-refractivity contribution is 6.18. The Hall–Kier alpha value is -14.3. The number of pyridine rings is 4. The Bertz CT molecular complexity index is 6290. The maximum absolute atomic E-state index is 5.13. The van der Waals surface area contributed by atoms with Crippen LogP contribution < -0.4 is 0 Å². The summed E-state index contributed by atoms with van der Waals surface area (Å²) in [7, 11) is 0. The van der Waals surface area contributed by atoms with Gasteiger partial charge >= 0.3 is 0 Å². The minimum atomic E-state index is 0.635. The largest absolute Gasteiger partial charge is 0.264 e. The third-order valence-corrected chi connectivity index (χ3v) is 19.8. The highest BCUT2D eigenvalue weighted by Gasteiger charge is 2.19. The second-order valence-corrected chi connectivity index (χ2v) is 26.4. The third kappa shape index (κ3) is 12.9. The molecule has 0 N–H and O–H groups in total. The molecule has 0 radical (unpaired) electrons. The van der Waals surface area contributed by atoms with Crippen molar-refractivity contribution in [1.29, 1.82) is 0 Å². The van der Waals surface area contributed by atoms with E-state index in [1.165, 1.54) is 44.2 Å². The predicted octanol–water partition coefficient (Wildman–Crippen LogP) is 25.4. The normalized spacial score (nSPS) is 11.2. The molecule has 0 spiro atoms. The number of nitrogens with zero attached hydrogens (tertiary/aromatic N) is 7. The van der Waals surface area contributed by atoms with Gasteiger partial charge in [-0.3, -0.25) is 9.97 Å². The van der Waals surface area contributed by atoms with Crippen LogP contribution in [0.3, 0.4) is 0 Å². The van der Waals surface area contributed by atoms with Crippen molar-refractivity contribution in [3.8, 4) is 146 Å². The molecule has 496 valence electrons. The summed E-state index contributed by atoms with van der Waals surface area (Å²) < 4.78 is 0. The lowest BCUT2D eigenvalue weighted by Gasteiger charge is -2.14. The Morgan fingerprint density at radius 1 is 0.160 bits per heavy atom. The van der Waals surface area contributed by atoms with Gasteiger partial charge in [0.2, 0.25) is 0 Å². The van der Waals surface area contributed by atoms with Crippen molar-refractivity contribution in [2.75, 3.05) is 0 Å². The zero-order valence-corrected chi connectivity index (χ0v) is 57.7. The molecule has 7 nitrogen and oxygen atoms in total. The minimum Gasteiger partial charge on any atom is -0.264 e. The van der Waals surface area contributed by atoms with Crippen LogP contribution in [0.25, 0.3) is 189 Å². The van der Waals surface area contributed by atoms with Crippen molar-refractivity contribution in [2.45, 2.75) is 0 Å². The Morgan fingerprint density at radius 3 is 0.783 bits per heavy atom. The molecule has 0 bridgehead atoms. The third-order valence-electron chi connectivity index (χ3n) is 19.8. The molecule has 0 fully saturated rings. The summed E-state index contributed by atoms with van der Waals surface area (Å²) in [5.74, 6) is 1.92. The minimum absolute atomic E-state index is 0.635. The summed E-state index contributed by atoms with van der Waals surface area (Å²) in [6, 6.07) is 130. The van der Waals surface area contributed by atoms with Gasteiger partial charge < -0.3 is 0 Å². The van der Waals surface area contributed by atoms with Crippen LogP contribution >= 0.6 is 0 Å². The number of para-hydroxylation sites is 2. The molecule has 5 aromatic heterocycles. The van der Waals surface area contributed by atoms with E-state index < -0.39 is 0 Å². The zero-order chi connectivity index (χ0) is 70.5. The first-order chi connectivity index (χ1) is 52.5. The number of benzene rings is 14. The highest BCUT2D eigenvalue weighted by atomic mass is 15.0.